The number of nitrogens with one attached hydrogen (secondary N) is 1. The average Bonchev–Trinajstić information content (AvgIpc) is 2.63. The summed E-state index contributed by atoms with van der Waals surface area (Å²) >= 11 is 0. The third kappa shape index (κ3) is 3.50. The van der Waals surface area contributed by atoms with Gasteiger partial charge in [0.05, 0.1) is 6.54 Å². The second kappa shape index (κ2) is 5.24. The molecule has 1 fully saturated rings. The van der Waals surface area contributed by atoms with Crippen molar-refractivity contribution < 1.29 is 9.21 Å². The Bertz CT molecular complexity index is 392. The number of anilines is 1. The van der Waals surface area contributed by atoms with Gasteiger partial charge in [0.25, 0.3) is 0 Å². The van der Waals surface area contributed by atoms with E-state index in [2.05, 4.69) is 15.5 Å². The van der Waals surface area contributed by atoms with Crippen LogP contribution in [0.15, 0.2) is 4.42 Å². The van der Waals surface area contributed by atoms with Crippen LogP contribution in [-0.4, -0.2) is 46.7 Å². The quantitative estimate of drug-likeness (QED) is 0.754. The van der Waals surface area contributed by atoms with Crippen molar-refractivity contribution in [3.05, 3.63) is 5.89 Å². The molecule has 0 spiro atoms. The summed E-state index contributed by atoms with van der Waals surface area (Å²) in [5.74, 6) is 0.281. The SMILES string of the molecule is Cc1nnc(NC(=O)CN2CCCC(N)C2)o1. The highest BCUT2D eigenvalue weighted by molar-refractivity contribution is 5.90. The Kier molecular flexibility index (Phi) is 3.70. The maximum absolute atomic E-state index is 11.7. The number of aryl methyl sites for hydroxylation is 1. The lowest BCUT2D eigenvalue weighted by Gasteiger charge is -2.29. The molecule has 0 saturated carbocycles. The fourth-order valence-electron chi connectivity index (χ4n) is 1.94. The van der Waals surface area contributed by atoms with Crippen LogP contribution in [0.25, 0.3) is 0 Å². The molecule has 1 aliphatic rings. The number of aromatic nitrogens is 2. The van der Waals surface area contributed by atoms with E-state index in [-0.39, 0.29) is 18.0 Å². The van der Waals surface area contributed by atoms with Gasteiger partial charge in [-0.15, -0.1) is 5.10 Å². The Morgan fingerprint density at radius 3 is 3.12 bits per heavy atom. The van der Waals surface area contributed by atoms with E-state index in [1.807, 2.05) is 4.90 Å². The van der Waals surface area contributed by atoms with Crippen molar-refractivity contribution in [1.29, 1.82) is 0 Å². The van der Waals surface area contributed by atoms with Gasteiger partial charge in [-0.2, -0.15) is 0 Å². The zero-order valence-electron chi connectivity index (χ0n) is 9.85. The minimum Gasteiger partial charge on any atom is -0.408 e. The first-order valence-corrected chi connectivity index (χ1v) is 5.71. The van der Waals surface area contributed by atoms with Crippen molar-refractivity contribution in [2.45, 2.75) is 25.8 Å². The molecular formula is C10H17N5O2. The van der Waals surface area contributed by atoms with Gasteiger partial charge in [-0.25, -0.2) is 0 Å². The molecule has 0 aliphatic carbocycles. The fraction of sp³-hybridized carbons (Fsp3) is 0.700. The molecule has 94 valence electrons. The first-order chi connectivity index (χ1) is 8.13. The number of piperidine rings is 1. The molecule has 7 heteroatoms. The van der Waals surface area contributed by atoms with Crippen molar-refractivity contribution in [3.63, 3.8) is 0 Å². The highest BCUT2D eigenvalue weighted by Crippen LogP contribution is 2.08. The van der Waals surface area contributed by atoms with Gasteiger partial charge in [0.2, 0.25) is 11.8 Å². The molecule has 1 saturated heterocycles. The van der Waals surface area contributed by atoms with Crippen LogP contribution in [0.4, 0.5) is 6.01 Å². The molecule has 7 nitrogen and oxygen atoms in total. The standard InChI is InChI=1S/C10H17N5O2/c1-7-13-14-10(17-7)12-9(16)6-15-4-2-3-8(11)5-15/h8H,2-6,11H2,1H3,(H,12,14,16). The summed E-state index contributed by atoms with van der Waals surface area (Å²) in [6.07, 6.45) is 2.06. The topological polar surface area (TPSA) is 97.3 Å². The Hall–Kier alpha value is -1.47. The molecule has 1 atom stereocenters. The van der Waals surface area contributed by atoms with Crippen LogP contribution in [0.5, 0.6) is 0 Å². The maximum atomic E-state index is 11.7. The van der Waals surface area contributed by atoms with Gasteiger partial charge in [-0.3, -0.25) is 15.0 Å². The van der Waals surface area contributed by atoms with Gasteiger partial charge >= 0.3 is 6.01 Å². The molecule has 0 bridgehead atoms. The first-order valence-electron chi connectivity index (χ1n) is 5.71. The van der Waals surface area contributed by atoms with Gasteiger partial charge < -0.3 is 10.2 Å². The van der Waals surface area contributed by atoms with Gasteiger partial charge in [-0.05, 0) is 19.4 Å². The highest BCUT2D eigenvalue weighted by Gasteiger charge is 2.19. The van der Waals surface area contributed by atoms with Crippen LogP contribution < -0.4 is 11.1 Å². The largest absolute Gasteiger partial charge is 0.408 e. The molecule has 2 rings (SSSR count). The molecule has 1 aromatic rings. The van der Waals surface area contributed by atoms with Crippen LogP contribution >= 0.6 is 0 Å². The summed E-state index contributed by atoms with van der Waals surface area (Å²) in [6, 6.07) is 0.316. The van der Waals surface area contributed by atoms with Crippen molar-refractivity contribution >= 4 is 11.9 Å². The predicted octanol–water partition coefficient (Wildman–Crippen LogP) is -0.260. The van der Waals surface area contributed by atoms with E-state index in [9.17, 15) is 4.79 Å². The van der Waals surface area contributed by atoms with E-state index in [0.717, 1.165) is 25.9 Å². The van der Waals surface area contributed by atoms with Crippen LogP contribution in [0, 0.1) is 6.92 Å². The molecule has 1 aromatic heterocycles. The van der Waals surface area contributed by atoms with E-state index in [1.54, 1.807) is 6.92 Å². The number of likely N-dealkylation sites (tertiary alicyclic amines) is 1. The summed E-state index contributed by atoms with van der Waals surface area (Å²) in [7, 11) is 0. The lowest BCUT2D eigenvalue weighted by molar-refractivity contribution is -0.117. The number of nitrogens with two attached hydrogens (primary N) is 1. The fourth-order valence-corrected chi connectivity index (χ4v) is 1.94. The zero-order chi connectivity index (χ0) is 12.3. The Labute approximate surface area is 99.4 Å². The molecule has 1 amide bonds. The number of nitrogens with zero attached hydrogens (tertiary/aromatic N) is 3. The molecule has 0 aromatic carbocycles. The second-order valence-electron chi connectivity index (χ2n) is 4.31. The Balaban J connectivity index is 1.80. The molecule has 17 heavy (non-hydrogen) atoms. The zero-order valence-corrected chi connectivity index (χ0v) is 9.85. The Morgan fingerprint density at radius 1 is 1.65 bits per heavy atom. The second-order valence-corrected chi connectivity index (χ2v) is 4.31. The monoisotopic (exact) mass is 239 g/mol. The third-order valence-electron chi connectivity index (χ3n) is 2.68. The van der Waals surface area contributed by atoms with E-state index in [4.69, 9.17) is 10.2 Å². The van der Waals surface area contributed by atoms with Crippen molar-refractivity contribution in [2.24, 2.45) is 5.73 Å². The lowest BCUT2D eigenvalue weighted by Crippen LogP contribution is -2.45. The van der Waals surface area contributed by atoms with Gasteiger partial charge in [-0.1, -0.05) is 5.10 Å². The van der Waals surface area contributed by atoms with Gasteiger partial charge in [0.15, 0.2) is 0 Å². The molecule has 3 N–H and O–H groups in total. The highest BCUT2D eigenvalue weighted by atomic mass is 16.4. The normalized spacial score (nSPS) is 21.4. The Morgan fingerprint density at radius 2 is 2.47 bits per heavy atom. The van der Waals surface area contributed by atoms with E-state index >= 15 is 0 Å². The van der Waals surface area contributed by atoms with Gasteiger partial charge in [0.1, 0.15) is 0 Å². The number of hydrogen-bond acceptors (Lipinski definition) is 6. The number of hydrogen-bond donors (Lipinski definition) is 2. The van der Waals surface area contributed by atoms with Crippen LogP contribution in [0.1, 0.15) is 18.7 Å². The third-order valence-corrected chi connectivity index (χ3v) is 2.68. The van der Waals surface area contributed by atoms with E-state index < -0.39 is 0 Å². The van der Waals surface area contributed by atoms with Gasteiger partial charge in [0, 0.05) is 19.5 Å². The summed E-state index contributed by atoms with van der Waals surface area (Å²) in [5, 5.41) is 9.90. The minimum absolute atomic E-state index is 0.147. The first kappa shape index (κ1) is 12.0. The van der Waals surface area contributed by atoms with Crippen LogP contribution in [0.3, 0.4) is 0 Å². The average molecular weight is 239 g/mol. The molecule has 1 unspecified atom stereocenters. The van der Waals surface area contributed by atoms with Crippen molar-refractivity contribution in [2.75, 3.05) is 25.0 Å². The number of amides is 1. The van der Waals surface area contributed by atoms with E-state index in [0.29, 0.717) is 12.4 Å². The minimum atomic E-state index is -0.150. The van der Waals surface area contributed by atoms with Crippen LogP contribution in [-0.2, 0) is 4.79 Å². The van der Waals surface area contributed by atoms with Crippen molar-refractivity contribution in [3.8, 4) is 0 Å². The predicted molar refractivity (Wildman–Crippen MR) is 61.3 cm³/mol. The smallest absolute Gasteiger partial charge is 0.322 e. The molecule has 0 radical (unpaired) electrons. The van der Waals surface area contributed by atoms with Crippen LogP contribution in [0.2, 0.25) is 0 Å². The maximum Gasteiger partial charge on any atom is 0.322 e. The summed E-state index contributed by atoms with van der Waals surface area (Å²) in [5.41, 5.74) is 5.84. The summed E-state index contributed by atoms with van der Waals surface area (Å²) < 4.78 is 5.07. The molecule has 1 aliphatic heterocycles. The molecule has 2 heterocycles. The molecular weight excluding hydrogens is 222 g/mol. The lowest BCUT2D eigenvalue weighted by atomic mass is 10.1. The summed E-state index contributed by atoms with van der Waals surface area (Å²) in [6.45, 7) is 3.65. The van der Waals surface area contributed by atoms with E-state index in [1.165, 1.54) is 0 Å². The van der Waals surface area contributed by atoms with Crippen molar-refractivity contribution in [1.82, 2.24) is 15.1 Å². The summed E-state index contributed by atoms with van der Waals surface area (Å²) in [4.78, 5) is 13.7. The number of carbonyl (C=O) groups is 1. The number of rotatable bonds is 3. The number of carbonyl (C=O) groups excluding carboxylic acids is 1.